The summed E-state index contributed by atoms with van der Waals surface area (Å²) in [7, 11) is 0. The van der Waals surface area contributed by atoms with Crippen LogP contribution in [0.15, 0.2) is 12.3 Å². The minimum Gasteiger partial charge on any atom is -0.471 e. The van der Waals surface area contributed by atoms with E-state index in [-0.39, 0.29) is 11.6 Å². The first-order valence-electron chi connectivity index (χ1n) is 5.59. The van der Waals surface area contributed by atoms with Gasteiger partial charge in [-0.3, -0.25) is 10.1 Å². The van der Waals surface area contributed by atoms with Crippen LogP contribution in [0.4, 0.5) is 5.69 Å². The van der Waals surface area contributed by atoms with Gasteiger partial charge >= 0.3 is 5.69 Å². The number of hydrogen-bond acceptors (Lipinski definition) is 5. The number of ether oxygens (including phenoxy) is 1. The highest BCUT2D eigenvalue weighted by atomic mass is 16.6. The van der Waals surface area contributed by atoms with Gasteiger partial charge in [0.25, 0.3) is 5.88 Å². The minimum atomic E-state index is -0.477. The lowest BCUT2D eigenvalue weighted by molar-refractivity contribution is -0.386. The summed E-state index contributed by atoms with van der Waals surface area (Å²) >= 11 is 0. The molecule has 1 aromatic heterocycles. The summed E-state index contributed by atoms with van der Waals surface area (Å²) < 4.78 is 5.28. The summed E-state index contributed by atoms with van der Waals surface area (Å²) in [5.41, 5.74) is 0.661. The van der Waals surface area contributed by atoms with Gasteiger partial charge in [0, 0.05) is 18.8 Å². The molecule has 0 aliphatic rings. The van der Waals surface area contributed by atoms with Crippen LogP contribution in [0, 0.1) is 17.0 Å². The summed E-state index contributed by atoms with van der Waals surface area (Å²) in [6.07, 6.45) is 2.60. The van der Waals surface area contributed by atoms with Gasteiger partial charge < -0.3 is 10.1 Å². The molecule has 0 radical (unpaired) electrons. The summed E-state index contributed by atoms with van der Waals surface area (Å²) in [5.74, 6) is 0.0823. The molecule has 1 N–H and O–H groups in total. The van der Waals surface area contributed by atoms with Crippen LogP contribution in [0.3, 0.4) is 0 Å². The highest BCUT2D eigenvalue weighted by molar-refractivity contribution is 5.42. The van der Waals surface area contributed by atoms with Crippen LogP contribution in [0.5, 0.6) is 5.88 Å². The Morgan fingerprint density at radius 1 is 1.53 bits per heavy atom. The Morgan fingerprint density at radius 3 is 2.94 bits per heavy atom. The highest BCUT2D eigenvalue weighted by Crippen LogP contribution is 2.24. The quantitative estimate of drug-likeness (QED) is 0.445. The van der Waals surface area contributed by atoms with Gasteiger partial charge in [-0.05, 0) is 25.5 Å². The SMILES string of the molecule is CCCNCCOc1ncc(C)cc1[N+](=O)[O-]. The Kier molecular flexibility index (Phi) is 5.35. The van der Waals surface area contributed by atoms with Crippen molar-refractivity contribution in [3.05, 3.63) is 27.9 Å². The van der Waals surface area contributed by atoms with Crippen molar-refractivity contribution in [2.45, 2.75) is 20.3 Å². The summed E-state index contributed by atoms with van der Waals surface area (Å²) in [6, 6.07) is 1.46. The van der Waals surface area contributed by atoms with Crippen LogP contribution in [0.2, 0.25) is 0 Å². The van der Waals surface area contributed by atoms with Gasteiger partial charge in [0.2, 0.25) is 0 Å². The Bertz CT molecular complexity index is 382. The average molecular weight is 239 g/mol. The molecule has 0 aliphatic heterocycles. The van der Waals surface area contributed by atoms with Crippen molar-refractivity contribution in [1.82, 2.24) is 10.3 Å². The normalized spacial score (nSPS) is 10.2. The van der Waals surface area contributed by atoms with Gasteiger partial charge in [0.05, 0.1) is 4.92 Å². The first-order chi connectivity index (χ1) is 8.15. The monoisotopic (exact) mass is 239 g/mol. The van der Waals surface area contributed by atoms with Crippen molar-refractivity contribution in [2.24, 2.45) is 0 Å². The number of aromatic nitrogens is 1. The van der Waals surface area contributed by atoms with Gasteiger partial charge in [-0.15, -0.1) is 0 Å². The molecule has 0 spiro atoms. The first-order valence-corrected chi connectivity index (χ1v) is 5.59. The van der Waals surface area contributed by atoms with E-state index in [0.717, 1.165) is 18.5 Å². The smallest absolute Gasteiger partial charge is 0.331 e. The second kappa shape index (κ2) is 6.80. The maximum atomic E-state index is 10.8. The van der Waals surface area contributed by atoms with Gasteiger partial charge in [0.1, 0.15) is 6.61 Å². The fourth-order valence-electron chi connectivity index (χ4n) is 1.30. The number of nitrogens with one attached hydrogen (secondary N) is 1. The van der Waals surface area contributed by atoms with Crippen LogP contribution in [-0.4, -0.2) is 29.6 Å². The van der Waals surface area contributed by atoms with E-state index in [1.54, 1.807) is 13.1 Å². The highest BCUT2D eigenvalue weighted by Gasteiger charge is 2.16. The second-order valence-electron chi connectivity index (χ2n) is 3.69. The number of nitrogens with zero attached hydrogens (tertiary/aromatic N) is 2. The zero-order valence-electron chi connectivity index (χ0n) is 10.1. The molecule has 6 nitrogen and oxygen atoms in total. The Hall–Kier alpha value is -1.69. The van der Waals surface area contributed by atoms with Crippen molar-refractivity contribution in [2.75, 3.05) is 19.7 Å². The number of nitro groups is 1. The molecule has 1 rings (SSSR count). The van der Waals surface area contributed by atoms with Gasteiger partial charge in [0.15, 0.2) is 0 Å². The largest absolute Gasteiger partial charge is 0.471 e. The van der Waals surface area contributed by atoms with Crippen LogP contribution in [0.25, 0.3) is 0 Å². The number of aryl methyl sites for hydroxylation is 1. The molecule has 0 aliphatic carbocycles. The molecule has 0 saturated heterocycles. The maximum absolute atomic E-state index is 10.8. The maximum Gasteiger partial charge on any atom is 0.331 e. The van der Waals surface area contributed by atoms with Crippen LogP contribution < -0.4 is 10.1 Å². The van der Waals surface area contributed by atoms with Crippen molar-refractivity contribution in [1.29, 1.82) is 0 Å². The van der Waals surface area contributed by atoms with Crippen molar-refractivity contribution >= 4 is 5.69 Å². The van der Waals surface area contributed by atoms with Crippen molar-refractivity contribution in [3.63, 3.8) is 0 Å². The summed E-state index contributed by atoms with van der Waals surface area (Å²) in [4.78, 5) is 14.2. The zero-order valence-corrected chi connectivity index (χ0v) is 10.1. The second-order valence-corrected chi connectivity index (χ2v) is 3.69. The van der Waals surface area contributed by atoms with E-state index >= 15 is 0 Å². The molecule has 17 heavy (non-hydrogen) atoms. The predicted molar refractivity (Wildman–Crippen MR) is 64.3 cm³/mol. The topological polar surface area (TPSA) is 77.3 Å². The van der Waals surface area contributed by atoms with Crippen molar-refractivity contribution in [3.8, 4) is 5.88 Å². The lowest BCUT2D eigenvalue weighted by Crippen LogP contribution is -2.22. The Morgan fingerprint density at radius 2 is 2.29 bits per heavy atom. The van der Waals surface area contributed by atoms with Crippen LogP contribution in [-0.2, 0) is 0 Å². The third-order valence-electron chi connectivity index (χ3n) is 2.11. The first kappa shape index (κ1) is 13.4. The van der Waals surface area contributed by atoms with Gasteiger partial charge in [-0.2, -0.15) is 0 Å². The van der Waals surface area contributed by atoms with E-state index in [9.17, 15) is 10.1 Å². The molecule has 0 amide bonds. The van der Waals surface area contributed by atoms with Crippen LogP contribution >= 0.6 is 0 Å². The van der Waals surface area contributed by atoms with Gasteiger partial charge in [-0.1, -0.05) is 6.92 Å². The molecule has 6 heteroatoms. The molecule has 0 unspecified atom stereocenters. The number of pyridine rings is 1. The van der Waals surface area contributed by atoms with E-state index in [4.69, 9.17) is 4.74 Å². The Labute approximate surface area is 100 Å². The molecular weight excluding hydrogens is 222 g/mol. The molecule has 0 aromatic carbocycles. The number of hydrogen-bond donors (Lipinski definition) is 1. The summed E-state index contributed by atoms with van der Waals surface area (Å²) in [6.45, 7) is 5.76. The average Bonchev–Trinajstić information content (AvgIpc) is 2.30. The molecule has 1 heterocycles. The van der Waals surface area contributed by atoms with E-state index < -0.39 is 4.92 Å². The predicted octanol–water partition coefficient (Wildman–Crippen LogP) is 1.68. The van der Waals surface area contributed by atoms with E-state index in [1.807, 2.05) is 0 Å². The molecular formula is C11H17N3O3. The Balaban J connectivity index is 2.55. The van der Waals surface area contributed by atoms with Crippen molar-refractivity contribution < 1.29 is 9.66 Å². The van der Waals surface area contributed by atoms with E-state index in [2.05, 4.69) is 17.2 Å². The van der Waals surface area contributed by atoms with Gasteiger partial charge in [-0.25, -0.2) is 4.98 Å². The summed E-state index contributed by atoms with van der Waals surface area (Å²) in [5, 5.41) is 13.9. The minimum absolute atomic E-state index is 0.0823. The number of rotatable bonds is 7. The van der Waals surface area contributed by atoms with Crippen LogP contribution in [0.1, 0.15) is 18.9 Å². The van der Waals surface area contributed by atoms with E-state index in [0.29, 0.717) is 13.2 Å². The third-order valence-corrected chi connectivity index (χ3v) is 2.11. The molecule has 1 aromatic rings. The zero-order chi connectivity index (χ0) is 12.7. The fraction of sp³-hybridized carbons (Fsp3) is 0.545. The molecule has 94 valence electrons. The molecule has 0 saturated carbocycles. The standard InChI is InChI=1S/C11H17N3O3/c1-3-4-12-5-6-17-11-10(14(15)16)7-9(2)8-13-11/h7-8,12H,3-6H2,1-2H3. The lowest BCUT2D eigenvalue weighted by atomic mass is 10.3. The molecule has 0 bridgehead atoms. The third kappa shape index (κ3) is 4.36. The molecule has 0 atom stereocenters. The lowest BCUT2D eigenvalue weighted by Gasteiger charge is -2.06. The molecule has 0 fully saturated rings. The van der Waals surface area contributed by atoms with E-state index in [1.165, 1.54) is 6.07 Å². The fourth-order valence-corrected chi connectivity index (χ4v) is 1.30.